The summed E-state index contributed by atoms with van der Waals surface area (Å²) in [5.41, 5.74) is 1.72. The van der Waals surface area contributed by atoms with E-state index in [0.29, 0.717) is 12.1 Å². The molecule has 114 valence electrons. The molecule has 1 N–H and O–H groups in total. The van der Waals surface area contributed by atoms with Crippen LogP contribution in [0.3, 0.4) is 0 Å². The van der Waals surface area contributed by atoms with Gasteiger partial charge in [-0.2, -0.15) is 0 Å². The lowest BCUT2D eigenvalue weighted by Crippen LogP contribution is -2.17. The number of fused-ring (bicyclic) bond motifs is 1. The van der Waals surface area contributed by atoms with Crippen LogP contribution in [0.1, 0.15) is 19.8 Å². The number of anilines is 2. The number of hydrogen-bond donors (Lipinski definition) is 1. The number of rotatable bonds is 6. The van der Waals surface area contributed by atoms with Crippen molar-refractivity contribution in [1.82, 2.24) is 0 Å². The number of nitrogens with zero attached hydrogens (tertiary/aromatic N) is 1. The van der Waals surface area contributed by atoms with Gasteiger partial charge < -0.3 is 4.90 Å². The van der Waals surface area contributed by atoms with E-state index < -0.39 is 10.0 Å². The Bertz CT molecular complexity index is 724. The molecule has 0 saturated heterocycles. The minimum atomic E-state index is -3.28. The Kier molecular flexibility index (Phi) is 4.73. The van der Waals surface area contributed by atoms with Gasteiger partial charge in [-0.3, -0.25) is 4.72 Å². The fourth-order valence-electron chi connectivity index (χ4n) is 2.33. The summed E-state index contributed by atoms with van der Waals surface area (Å²) in [7, 11) is 0.673. The smallest absolute Gasteiger partial charge is 0.232 e. The van der Waals surface area contributed by atoms with Crippen LogP contribution in [0.25, 0.3) is 10.8 Å². The highest BCUT2D eigenvalue weighted by Gasteiger charge is 2.12. The molecule has 0 saturated carbocycles. The second-order valence-corrected chi connectivity index (χ2v) is 7.19. The minimum absolute atomic E-state index is 0.160. The monoisotopic (exact) mass is 306 g/mol. The quantitative estimate of drug-likeness (QED) is 0.889. The van der Waals surface area contributed by atoms with Gasteiger partial charge in [0, 0.05) is 30.6 Å². The standard InChI is InChI=1S/C16H22N2O2S/c1-4-5-12-21(19,20)17-15-10-6-9-14-13(15)8-7-11-16(14)18(2)3/h6-11,17H,4-5,12H2,1-3H3. The maximum atomic E-state index is 12.1. The first-order chi connectivity index (χ1) is 9.94. The molecule has 2 aromatic rings. The summed E-state index contributed by atoms with van der Waals surface area (Å²) in [6.07, 6.45) is 1.53. The molecule has 0 amide bonds. The molecule has 0 bridgehead atoms. The zero-order valence-electron chi connectivity index (χ0n) is 12.8. The predicted octanol–water partition coefficient (Wildman–Crippen LogP) is 3.45. The molecule has 21 heavy (non-hydrogen) atoms. The third kappa shape index (κ3) is 3.67. The van der Waals surface area contributed by atoms with Gasteiger partial charge in [0.25, 0.3) is 0 Å². The highest BCUT2D eigenvalue weighted by molar-refractivity contribution is 7.92. The summed E-state index contributed by atoms with van der Waals surface area (Å²) >= 11 is 0. The number of unbranched alkanes of at least 4 members (excludes halogenated alkanes) is 1. The fraction of sp³-hybridized carbons (Fsp3) is 0.375. The van der Waals surface area contributed by atoms with E-state index in [1.807, 2.05) is 62.3 Å². The highest BCUT2D eigenvalue weighted by atomic mass is 32.2. The van der Waals surface area contributed by atoms with Crippen molar-refractivity contribution in [2.45, 2.75) is 19.8 Å². The zero-order valence-corrected chi connectivity index (χ0v) is 13.6. The van der Waals surface area contributed by atoms with Crippen molar-refractivity contribution in [1.29, 1.82) is 0 Å². The van der Waals surface area contributed by atoms with E-state index in [9.17, 15) is 8.42 Å². The van der Waals surface area contributed by atoms with Gasteiger partial charge in [0.1, 0.15) is 0 Å². The number of benzene rings is 2. The summed E-state index contributed by atoms with van der Waals surface area (Å²) in [4.78, 5) is 2.03. The second-order valence-electron chi connectivity index (χ2n) is 5.35. The lowest BCUT2D eigenvalue weighted by molar-refractivity contribution is 0.598. The summed E-state index contributed by atoms with van der Waals surface area (Å²) in [5.74, 6) is 0.160. The van der Waals surface area contributed by atoms with Gasteiger partial charge in [-0.15, -0.1) is 0 Å². The number of hydrogen-bond acceptors (Lipinski definition) is 3. The van der Waals surface area contributed by atoms with Crippen LogP contribution in [-0.4, -0.2) is 28.3 Å². The van der Waals surface area contributed by atoms with E-state index >= 15 is 0 Å². The molecule has 0 spiro atoms. The largest absolute Gasteiger partial charge is 0.377 e. The van der Waals surface area contributed by atoms with Crippen molar-refractivity contribution in [2.24, 2.45) is 0 Å². The van der Waals surface area contributed by atoms with Gasteiger partial charge in [-0.05, 0) is 18.6 Å². The Balaban J connectivity index is 2.44. The SMILES string of the molecule is CCCCS(=O)(=O)Nc1cccc2c(N(C)C)cccc12. The molecule has 5 heteroatoms. The van der Waals surface area contributed by atoms with Gasteiger partial charge in [0.05, 0.1) is 11.4 Å². The molecule has 0 aliphatic rings. The lowest BCUT2D eigenvalue weighted by Gasteiger charge is -2.17. The van der Waals surface area contributed by atoms with Gasteiger partial charge in [0.2, 0.25) is 10.0 Å². The van der Waals surface area contributed by atoms with Crippen molar-refractivity contribution in [3.05, 3.63) is 36.4 Å². The first-order valence-electron chi connectivity index (χ1n) is 7.14. The average Bonchev–Trinajstić information content (AvgIpc) is 2.44. The highest BCUT2D eigenvalue weighted by Crippen LogP contribution is 2.31. The first-order valence-corrected chi connectivity index (χ1v) is 8.79. The molecular formula is C16H22N2O2S. The van der Waals surface area contributed by atoms with E-state index in [4.69, 9.17) is 0 Å². The van der Waals surface area contributed by atoms with Gasteiger partial charge in [-0.1, -0.05) is 37.6 Å². The zero-order chi connectivity index (χ0) is 15.5. The molecule has 0 heterocycles. The molecule has 2 aromatic carbocycles. The van der Waals surface area contributed by atoms with Gasteiger partial charge in [0.15, 0.2) is 0 Å². The Labute approximate surface area is 126 Å². The van der Waals surface area contributed by atoms with E-state index in [1.54, 1.807) is 0 Å². The molecule has 0 unspecified atom stereocenters. The molecular weight excluding hydrogens is 284 g/mol. The third-order valence-corrected chi connectivity index (χ3v) is 4.77. The third-order valence-electron chi connectivity index (χ3n) is 3.41. The van der Waals surface area contributed by atoms with E-state index in [2.05, 4.69) is 4.72 Å². The molecule has 0 aromatic heterocycles. The fourth-order valence-corrected chi connectivity index (χ4v) is 3.61. The Hall–Kier alpha value is -1.75. The minimum Gasteiger partial charge on any atom is -0.377 e. The van der Waals surface area contributed by atoms with E-state index in [-0.39, 0.29) is 5.75 Å². The second kappa shape index (κ2) is 6.35. The maximum Gasteiger partial charge on any atom is 0.232 e. The normalized spacial score (nSPS) is 11.6. The summed E-state index contributed by atoms with van der Waals surface area (Å²) in [5, 5.41) is 1.96. The van der Waals surface area contributed by atoms with Crippen LogP contribution in [-0.2, 0) is 10.0 Å². The molecule has 0 fully saturated rings. The molecule has 0 atom stereocenters. The maximum absolute atomic E-state index is 12.1. The summed E-state index contributed by atoms with van der Waals surface area (Å²) in [6.45, 7) is 1.98. The molecule has 2 rings (SSSR count). The van der Waals surface area contributed by atoms with Crippen LogP contribution in [0.2, 0.25) is 0 Å². The van der Waals surface area contributed by atoms with Crippen molar-refractivity contribution < 1.29 is 8.42 Å². The van der Waals surface area contributed by atoms with Crippen LogP contribution in [0.5, 0.6) is 0 Å². The van der Waals surface area contributed by atoms with Gasteiger partial charge in [-0.25, -0.2) is 8.42 Å². The predicted molar refractivity (Wildman–Crippen MR) is 90.6 cm³/mol. The number of nitrogens with one attached hydrogen (secondary N) is 1. The van der Waals surface area contributed by atoms with Crippen LogP contribution < -0.4 is 9.62 Å². The van der Waals surface area contributed by atoms with Gasteiger partial charge >= 0.3 is 0 Å². The van der Waals surface area contributed by atoms with Crippen LogP contribution in [0, 0.1) is 0 Å². The summed E-state index contributed by atoms with van der Waals surface area (Å²) < 4.78 is 26.9. The van der Waals surface area contributed by atoms with Crippen LogP contribution in [0.4, 0.5) is 11.4 Å². The van der Waals surface area contributed by atoms with E-state index in [1.165, 1.54) is 0 Å². The number of sulfonamides is 1. The first kappa shape index (κ1) is 15.6. The molecule has 0 radical (unpaired) electrons. The summed E-state index contributed by atoms with van der Waals surface area (Å²) in [6, 6.07) is 11.6. The van der Waals surface area contributed by atoms with E-state index in [0.717, 1.165) is 22.9 Å². The topological polar surface area (TPSA) is 49.4 Å². The molecule has 0 aliphatic carbocycles. The molecule has 4 nitrogen and oxygen atoms in total. The average molecular weight is 306 g/mol. The Morgan fingerprint density at radius 1 is 1.05 bits per heavy atom. The van der Waals surface area contributed by atoms with Crippen molar-refractivity contribution in [3.8, 4) is 0 Å². The van der Waals surface area contributed by atoms with Crippen molar-refractivity contribution >= 4 is 32.2 Å². The Morgan fingerprint density at radius 2 is 1.71 bits per heavy atom. The Morgan fingerprint density at radius 3 is 2.38 bits per heavy atom. The van der Waals surface area contributed by atoms with Crippen molar-refractivity contribution in [2.75, 3.05) is 29.5 Å². The lowest BCUT2D eigenvalue weighted by atomic mass is 10.1. The van der Waals surface area contributed by atoms with Crippen LogP contribution >= 0.6 is 0 Å². The van der Waals surface area contributed by atoms with Crippen molar-refractivity contribution in [3.63, 3.8) is 0 Å². The van der Waals surface area contributed by atoms with Crippen LogP contribution in [0.15, 0.2) is 36.4 Å². The molecule has 0 aliphatic heterocycles.